The molecule has 3 rings (SSSR count). The quantitative estimate of drug-likeness (QED) is 0.748. The molecule has 8 heteroatoms. The van der Waals surface area contributed by atoms with Crippen LogP contribution >= 0.6 is 0 Å². The topological polar surface area (TPSA) is 82.5 Å². The molecule has 138 valence electrons. The zero-order valence-electron chi connectivity index (χ0n) is 14.6. The Bertz CT molecular complexity index is 1030. The van der Waals surface area contributed by atoms with E-state index in [1.165, 1.54) is 43.3 Å². The predicted molar refractivity (Wildman–Crippen MR) is 97.3 cm³/mol. The summed E-state index contributed by atoms with van der Waals surface area (Å²) in [5.41, 5.74) is 0.191. The zero-order valence-corrected chi connectivity index (χ0v) is 14.6. The van der Waals surface area contributed by atoms with Gasteiger partial charge in [-0.1, -0.05) is 0 Å². The van der Waals surface area contributed by atoms with Gasteiger partial charge in [-0.05, 0) is 36.4 Å². The van der Waals surface area contributed by atoms with E-state index in [1.54, 1.807) is 18.2 Å². The van der Waals surface area contributed by atoms with Gasteiger partial charge in [0.15, 0.2) is 17.3 Å². The average Bonchev–Trinajstić information content (AvgIpc) is 2.69. The number of carbonyl (C=O) groups is 1. The van der Waals surface area contributed by atoms with Gasteiger partial charge < -0.3 is 14.8 Å². The van der Waals surface area contributed by atoms with E-state index in [9.17, 15) is 14.0 Å². The third kappa shape index (κ3) is 3.79. The zero-order chi connectivity index (χ0) is 19.4. The minimum absolute atomic E-state index is 0.151. The Morgan fingerprint density at radius 2 is 1.78 bits per heavy atom. The van der Waals surface area contributed by atoms with Crippen LogP contribution in [-0.2, 0) is 0 Å². The van der Waals surface area contributed by atoms with Crippen molar-refractivity contribution >= 4 is 11.7 Å². The van der Waals surface area contributed by atoms with Gasteiger partial charge in [0, 0.05) is 24.0 Å². The summed E-state index contributed by atoms with van der Waals surface area (Å²) in [7, 11) is 3.00. The molecule has 1 heterocycles. The smallest absolute Gasteiger partial charge is 0.298 e. The van der Waals surface area contributed by atoms with E-state index in [2.05, 4.69) is 10.3 Å². The molecule has 1 amide bonds. The van der Waals surface area contributed by atoms with E-state index >= 15 is 0 Å². The Kier molecular flexibility index (Phi) is 5.16. The van der Waals surface area contributed by atoms with Gasteiger partial charge >= 0.3 is 0 Å². The third-order valence-electron chi connectivity index (χ3n) is 3.82. The highest BCUT2D eigenvalue weighted by atomic mass is 19.1. The second-order valence-corrected chi connectivity index (χ2v) is 5.45. The number of amides is 1. The Labute approximate surface area is 154 Å². The number of anilines is 1. The standard InChI is InChI=1S/C19H16FN3O4/c1-26-15-8-7-14(11-16(15)27-2)23-10-9-21-17(19(23)25)22-18(24)12-3-5-13(20)6-4-12/h3-11H,1-2H3,(H,21,22,24). The van der Waals surface area contributed by atoms with E-state index in [0.29, 0.717) is 17.2 Å². The summed E-state index contributed by atoms with van der Waals surface area (Å²) in [6, 6.07) is 9.93. The Morgan fingerprint density at radius 1 is 1.07 bits per heavy atom. The summed E-state index contributed by atoms with van der Waals surface area (Å²) < 4.78 is 24.7. The number of hydrogen-bond donors (Lipinski definition) is 1. The van der Waals surface area contributed by atoms with Gasteiger partial charge in [-0.2, -0.15) is 0 Å². The molecular formula is C19H16FN3O4. The van der Waals surface area contributed by atoms with Gasteiger partial charge in [-0.3, -0.25) is 14.2 Å². The maximum Gasteiger partial charge on any atom is 0.298 e. The molecule has 0 spiro atoms. The lowest BCUT2D eigenvalue weighted by Gasteiger charge is -2.12. The highest BCUT2D eigenvalue weighted by molar-refractivity contribution is 6.03. The van der Waals surface area contributed by atoms with Crippen LogP contribution < -0.4 is 20.3 Å². The van der Waals surface area contributed by atoms with Gasteiger partial charge in [-0.15, -0.1) is 0 Å². The van der Waals surface area contributed by atoms with Crippen molar-refractivity contribution in [3.8, 4) is 17.2 Å². The SMILES string of the molecule is COc1ccc(-n2ccnc(NC(=O)c3ccc(F)cc3)c2=O)cc1OC. The number of methoxy groups -OCH3 is 2. The van der Waals surface area contributed by atoms with Crippen LogP contribution in [0.3, 0.4) is 0 Å². The van der Waals surface area contributed by atoms with Crippen molar-refractivity contribution in [3.05, 3.63) is 76.6 Å². The first-order valence-electron chi connectivity index (χ1n) is 7.90. The normalized spacial score (nSPS) is 10.3. The average molecular weight is 369 g/mol. The van der Waals surface area contributed by atoms with Crippen molar-refractivity contribution in [2.45, 2.75) is 0 Å². The van der Waals surface area contributed by atoms with Gasteiger partial charge in [0.2, 0.25) is 0 Å². The van der Waals surface area contributed by atoms with Crippen molar-refractivity contribution in [2.24, 2.45) is 0 Å². The molecule has 1 aromatic heterocycles. The van der Waals surface area contributed by atoms with Crippen molar-refractivity contribution in [2.75, 3.05) is 19.5 Å². The fraction of sp³-hybridized carbons (Fsp3) is 0.105. The molecule has 3 aromatic rings. The number of nitrogens with zero attached hydrogens (tertiary/aromatic N) is 2. The lowest BCUT2D eigenvalue weighted by Crippen LogP contribution is -2.26. The van der Waals surface area contributed by atoms with E-state index in [0.717, 1.165) is 12.1 Å². The molecule has 0 aliphatic carbocycles. The molecule has 0 unspecified atom stereocenters. The third-order valence-corrected chi connectivity index (χ3v) is 3.82. The summed E-state index contributed by atoms with van der Waals surface area (Å²) in [4.78, 5) is 28.9. The maximum atomic E-state index is 13.0. The molecule has 0 atom stereocenters. The Hall–Kier alpha value is -3.68. The van der Waals surface area contributed by atoms with Gasteiger partial charge in [0.05, 0.1) is 19.9 Å². The van der Waals surface area contributed by atoms with Crippen LogP contribution in [0.25, 0.3) is 5.69 Å². The molecule has 0 saturated carbocycles. The predicted octanol–water partition coefficient (Wildman–Crippen LogP) is 2.64. The molecular weight excluding hydrogens is 353 g/mol. The van der Waals surface area contributed by atoms with E-state index < -0.39 is 17.3 Å². The molecule has 0 bridgehead atoms. The van der Waals surface area contributed by atoms with Crippen LogP contribution in [0.15, 0.2) is 59.7 Å². The summed E-state index contributed by atoms with van der Waals surface area (Å²) in [5, 5.41) is 2.45. The molecule has 0 aliphatic rings. The number of ether oxygens (including phenoxy) is 2. The van der Waals surface area contributed by atoms with Gasteiger partial charge in [-0.25, -0.2) is 9.37 Å². The molecule has 0 aliphatic heterocycles. The first-order chi connectivity index (χ1) is 13.0. The lowest BCUT2D eigenvalue weighted by molar-refractivity contribution is 0.102. The van der Waals surface area contributed by atoms with Crippen molar-refractivity contribution in [1.29, 1.82) is 0 Å². The molecule has 0 saturated heterocycles. The first kappa shape index (κ1) is 18.1. The molecule has 7 nitrogen and oxygen atoms in total. The van der Waals surface area contributed by atoms with Crippen LogP contribution in [-0.4, -0.2) is 29.7 Å². The van der Waals surface area contributed by atoms with Crippen molar-refractivity contribution in [1.82, 2.24) is 9.55 Å². The molecule has 1 N–H and O–H groups in total. The minimum Gasteiger partial charge on any atom is -0.493 e. The monoisotopic (exact) mass is 369 g/mol. The highest BCUT2D eigenvalue weighted by Crippen LogP contribution is 2.28. The summed E-state index contributed by atoms with van der Waals surface area (Å²) in [6.45, 7) is 0. The number of nitrogens with one attached hydrogen (secondary N) is 1. The number of halogens is 1. The number of aromatic nitrogens is 2. The Morgan fingerprint density at radius 3 is 2.44 bits per heavy atom. The summed E-state index contributed by atoms with van der Waals surface area (Å²) in [5.74, 6) is -0.199. The highest BCUT2D eigenvalue weighted by Gasteiger charge is 2.13. The van der Waals surface area contributed by atoms with Crippen molar-refractivity contribution in [3.63, 3.8) is 0 Å². The van der Waals surface area contributed by atoms with Crippen LogP contribution in [0.4, 0.5) is 10.2 Å². The minimum atomic E-state index is -0.565. The largest absolute Gasteiger partial charge is 0.493 e. The fourth-order valence-corrected chi connectivity index (χ4v) is 2.46. The van der Waals surface area contributed by atoms with Crippen LogP contribution in [0, 0.1) is 5.82 Å². The second kappa shape index (κ2) is 7.69. The van der Waals surface area contributed by atoms with E-state index in [4.69, 9.17) is 9.47 Å². The van der Waals surface area contributed by atoms with Crippen molar-refractivity contribution < 1.29 is 18.7 Å². The molecule has 2 aromatic carbocycles. The maximum absolute atomic E-state index is 13.0. The summed E-state index contributed by atoms with van der Waals surface area (Å²) in [6.07, 6.45) is 2.86. The molecule has 27 heavy (non-hydrogen) atoms. The Balaban J connectivity index is 1.93. The van der Waals surface area contributed by atoms with Gasteiger partial charge in [0.1, 0.15) is 5.82 Å². The van der Waals surface area contributed by atoms with Gasteiger partial charge in [0.25, 0.3) is 11.5 Å². The molecule has 0 radical (unpaired) electrons. The fourth-order valence-electron chi connectivity index (χ4n) is 2.46. The second-order valence-electron chi connectivity index (χ2n) is 5.45. The van der Waals surface area contributed by atoms with E-state index in [-0.39, 0.29) is 11.4 Å². The van der Waals surface area contributed by atoms with Crippen LogP contribution in [0.2, 0.25) is 0 Å². The number of benzene rings is 2. The summed E-state index contributed by atoms with van der Waals surface area (Å²) >= 11 is 0. The molecule has 0 fully saturated rings. The van der Waals surface area contributed by atoms with Crippen LogP contribution in [0.1, 0.15) is 10.4 Å². The lowest BCUT2D eigenvalue weighted by atomic mass is 10.2. The number of carbonyl (C=O) groups excluding carboxylic acids is 1. The number of rotatable bonds is 5. The van der Waals surface area contributed by atoms with E-state index in [1.807, 2.05) is 0 Å². The first-order valence-corrected chi connectivity index (χ1v) is 7.90. The number of hydrogen-bond acceptors (Lipinski definition) is 5. The van der Waals surface area contributed by atoms with Crippen LogP contribution in [0.5, 0.6) is 11.5 Å².